The van der Waals surface area contributed by atoms with Gasteiger partial charge in [0.25, 0.3) is 0 Å². The van der Waals surface area contributed by atoms with Crippen LogP contribution < -0.4 is 10.5 Å². The highest BCUT2D eigenvalue weighted by atomic mass is 32.2. The lowest BCUT2D eigenvalue weighted by Crippen LogP contribution is -2.33. The van der Waals surface area contributed by atoms with Crippen molar-refractivity contribution in [3.63, 3.8) is 0 Å². The largest absolute Gasteiger partial charge is 0.490 e. The number of hydrogen-bond acceptors (Lipinski definition) is 4. The van der Waals surface area contributed by atoms with Gasteiger partial charge in [-0.25, -0.2) is 8.42 Å². The van der Waals surface area contributed by atoms with Gasteiger partial charge in [-0.15, -0.1) is 0 Å². The lowest BCUT2D eigenvalue weighted by molar-refractivity contribution is 0.156. The van der Waals surface area contributed by atoms with Crippen LogP contribution in [0.15, 0.2) is 24.3 Å². The summed E-state index contributed by atoms with van der Waals surface area (Å²) in [5, 5.41) is 7.21. The maximum Gasteiger partial charge on any atom is 0.150 e. The molecule has 0 spiro atoms. The average molecular weight is 296 g/mol. The number of nitrogens with one attached hydrogen (secondary N) is 1. The number of ether oxygens (including phenoxy) is 1. The zero-order valence-corrected chi connectivity index (χ0v) is 12.3. The predicted octanol–water partition coefficient (Wildman–Crippen LogP) is 1.71. The van der Waals surface area contributed by atoms with Crippen LogP contribution in [-0.2, 0) is 9.84 Å². The average Bonchev–Trinajstić information content (AvgIpc) is 2.38. The Kier molecular flexibility index (Phi) is 4.32. The van der Waals surface area contributed by atoms with Crippen molar-refractivity contribution in [3.8, 4) is 5.75 Å². The molecule has 3 N–H and O–H groups in total. The highest BCUT2D eigenvalue weighted by Crippen LogP contribution is 2.28. The number of sulfone groups is 1. The van der Waals surface area contributed by atoms with Crippen molar-refractivity contribution in [2.24, 2.45) is 5.73 Å². The molecule has 1 saturated carbocycles. The minimum absolute atomic E-state index is 0.0453. The minimum Gasteiger partial charge on any atom is -0.490 e. The van der Waals surface area contributed by atoms with Crippen molar-refractivity contribution >= 4 is 15.7 Å². The molecule has 1 aliphatic carbocycles. The molecule has 0 aromatic heterocycles. The van der Waals surface area contributed by atoms with Crippen LogP contribution in [0.1, 0.15) is 31.2 Å². The van der Waals surface area contributed by atoms with Crippen LogP contribution in [0.5, 0.6) is 5.75 Å². The fourth-order valence-corrected chi connectivity index (χ4v) is 3.73. The lowest BCUT2D eigenvalue weighted by Gasteiger charge is -2.29. The van der Waals surface area contributed by atoms with Gasteiger partial charge in [-0.05, 0) is 31.4 Å². The Morgan fingerprint density at radius 3 is 2.70 bits per heavy atom. The van der Waals surface area contributed by atoms with Gasteiger partial charge in [0.2, 0.25) is 0 Å². The highest BCUT2D eigenvalue weighted by Gasteiger charge is 2.30. The maximum absolute atomic E-state index is 11.6. The maximum atomic E-state index is 11.6. The van der Waals surface area contributed by atoms with Crippen molar-refractivity contribution in [1.82, 2.24) is 0 Å². The molecule has 5 nitrogen and oxygen atoms in total. The number of hydrogen-bond donors (Lipinski definition) is 2. The fourth-order valence-electron chi connectivity index (χ4n) is 2.57. The van der Waals surface area contributed by atoms with Gasteiger partial charge in [-0.2, -0.15) is 0 Å². The van der Waals surface area contributed by atoms with Gasteiger partial charge in [-0.1, -0.05) is 12.1 Å². The van der Waals surface area contributed by atoms with Crippen LogP contribution in [-0.4, -0.2) is 31.9 Å². The molecule has 0 aliphatic heterocycles. The van der Waals surface area contributed by atoms with Crippen LogP contribution in [0, 0.1) is 5.41 Å². The third-order valence-electron chi connectivity index (χ3n) is 3.65. The fraction of sp³-hybridized carbons (Fsp3) is 0.500. The van der Waals surface area contributed by atoms with E-state index in [2.05, 4.69) is 0 Å². The smallest absolute Gasteiger partial charge is 0.150 e. The van der Waals surface area contributed by atoms with Crippen LogP contribution in [0.3, 0.4) is 0 Å². The Labute approximate surface area is 119 Å². The van der Waals surface area contributed by atoms with Crippen molar-refractivity contribution in [2.45, 2.75) is 37.0 Å². The number of rotatable bonds is 4. The molecule has 0 amide bonds. The second-order valence-corrected chi connectivity index (χ2v) is 7.59. The van der Waals surface area contributed by atoms with Gasteiger partial charge in [0.15, 0.2) is 0 Å². The Balaban J connectivity index is 2.12. The third kappa shape index (κ3) is 3.50. The van der Waals surface area contributed by atoms with E-state index >= 15 is 0 Å². The molecule has 2 unspecified atom stereocenters. The van der Waals surface area contributed by atoms with Gasteiger partial charge < -0.3 is 10.5 Å². The number of nitrogens with two attached hydrogens (primary N) is 1. The summed E-state index contributed by atoms with van der Waals surface area (Å²) in [6.07, 6.45) is 4.02. The van der Waals surface area contributed by atoms with E-state index in [9.17, 15) is 8.42 Å². The molecule has 20 heavy (non-hydrogen) atoms. The number of para-hydroxylation sites is 1. The third-order valence-corrected chi connectivity index (χ3v) is 5.29. The second-order valence-electron chi connectivity index (χ2n) is 5.27. The number of benzene rings is 1. The lowest BCUT2D eigenvalue weighted by atomic mass is 9.97. The summed E-state index contributed by atoms with van der Waals surface area (Å²) in [5.74, 6) is 0.509. The van der Waals surface area contributed by atoms with E-state index in [1.165, 1.54) is 6.26 Å². The van der Waals surface area contributed by atoms with Crippen molar-refractivity contribution in [1.29, 1.82) is 5.41 Å². The van der Waals surface area contributed by atoms with E-state index in [0.717, 1.165) is 12.8 Å². The Morgan fingerprint density at radius 2 is 2.05 bits per heavy atom. The van der Waals surface area contributed by atoms with Crippen molar-refractivity contribution < 1.29 is 13.2 Å². The van der Waals surface area contributed by atoms with Gasteiger partial charge in [-0.3, -0.25) is 5.41 Å². The molecule has 1 aliphatic rings. The molecule has 0 bridgehead atoms. The Morgan fingerprint density at radius 1 is 1.35 bits per heavy atom. The molecule has 1 aromatic rings. The van der Waals surface area contributed by atoms with Crippen LogP contribution in [0.2, 0.25) is 0 Å². The molecule has 2 atom stereocenters. The van der Waals surface area contributed by atoms with Gasteiger partial charge in [0.05, 0.1) is 16.9 Å². The first-order valence-electron chi connectivity index (χ1n) is 6.67. The molecule has 1 fully saturated rings. The second kappa shape index (κ2) is 5.83. The first-order chi connectivity index (χ1) is 9.38. The van der Waals surface area contributed by atoms with Crippen LogP contribution in [0.4, 0.5) is 0 Å². The summed E-state index contributed by atoms with van der Waals surface area (Å²) < 4.78 is 29.2. The summed E-state index contributed by atoms with van der Waals surface area (Å²) in [4.78, 5) is 0. The molecular formula is C14H20N2O3S. The standard InChI is InChI=1S/C14H20N2O3S/c1-20(17,18)11-6-4-5-10(9-11)19-13-8-3-2-7-12(13)14(15)16/h2-3,7-8,10-11H,4-6,9H2,1H3,(H3,15,16). The van der Waals surface area contributed by atoms with E-state index in [0.29, 0.717) is 24.2 Å². The van der Waals surface area contributed by atoms with Gasteiger partial charge >= 0.3 is 0 Å². The molecule has 6 heteroatoms. The Bertz CT molecular complexity index is 598. The van der Waals surface area contributed by atoms with Gasteiger partial charge in [0.1, 0.15) is 21.4 Å². The highest BCUT2D eigenvalue weighted by molar-refractivity contribution is 7.91. The minimum atomic E-state index is -3.02. The predicted molar refractivity (Wildman–Crippen MR) is 79.0 cm³/mol. The van der Waals surface area contributed by atoms with Crippen molar-refractivity contribution in [3.05, 3.63) is 29.8 Å². The summed E-state index contributed by atoms with van der Waals surface area (Å²) in [7, 11) is -3.02. The number of nitrogen functional groups attached to an aromatic ring is 1. The molecule has 0 saturated heterocycles. The first-order valence-corrected chi connectivity index (χ1v) is 8.62. The zero-order chi connectivity index (χ0) is 14.8. The molecule has 0 heterocycles. The quantitative estimate of drug-likeness (QED) is 0.653. The molecule has 110 valence electrons. The van der Waals surface area contributed by atoms with E-state index in [1.807, 2.05) is 6.07 Å². The van der Waals surface area contributed by atoms with E-state index in [-0.39, 0.29) is 17.2 Å². The molecule has 1 aromatic carbocycles. The SMILES string of the molecule is CS(=O)(=O)C1CCCC(Oc2ccccc2C(=N)N)C1. The normalized spacial score (nSPS) is 23.2. The summed E-state index contributed by atoms with van der Waals surface area (Å²) in [6, 6.07) is 7.11. The summed E-state index contributed by atoms with van der Waals surface area (Å²) in [5.41, 5.74) is 6.07. The van der Waals surface area contributed by atoms with E-state index in [4.69, 9.17) is 15.9 Å². The zero-order valence-electron chi connectivity index (χ0n) is 11.5. The van der Waals surface area contributed by atoms with E-state index < -0.39 is 9.84 Å². The first kappa shape index (κ1) is 14.8. The monoisotopic (exact) mass is 296 g/mol. The topological polar surface area (TPSA) is 93.2 Å². The van der Waals surface area contributed by atoms with Crippen molar-refractivity contribution in [2.75, 3.05) is 6.26 Å². The molecule has 0 radical (unpaired) electrons. The van der Waals surface area contributed by atoms with Crippen LogP contribution >= 0.6 is 0 Å². The number of amidine groups is 1. The van der Waals surface area contributed by atoms with Crippen LogP contribution in [0.25, 0.3) is 0 Å². The molecule has 2 rings (SSSR count). The van der Waals surface area contributed by atoms with E-state index in [1.54, 1.807) is 18.2 Å². The molecular weight excluding hydrogens is 276 g/mol. The summed E-state index contributed by atoms with van der Waals surface area (Å²) >= 11 is 0. The summed E-state index contributed by atoms with van der Waals surface area (Å²) in [6.45, 7) is 0. The van der Waals surface area contributed by atoms with Gasteiger partial charge in [0, 0.05) is 12.7 Å². The Hall–Kier alpha value is -1.56.